The molecule has 2 N–H and O–H groups in total. The number of imidazole rings is 1. The zero-order chi connectivity index (χ0) is 27.0. The number of aryl methyl sites for hydroxylation is 2. The Morgan fingerprint density at radius 1 is 1.26 bits per heavy atom. The maximum atomic E-state index is 13.7. The van der Waals surface area contributed by atoms with E-state index in [2.05, 4.69) is 43.8 Å². The third-order valence-corrected chi connectivity index (χ3v) is 7.56. The maximum absolute atomic E-state index is 13.7. The molecule has 1 aliphatic heterocycles. The van der Waals surface area contributed by atoms with Gasteiger partial charge in [-0.15, -0.1) is 0 Å². The third-order valence-electron chi connectivity index (χ3n) is 7.56. The van der Waals surface area contributed by atoms with E-state index in [1.54, 1.807) is 12.4 Å². The molecule has 4 aromatic rings. The van der Waals surface area contributed by atoms with Crippen LogP contribution < -0.4 is 15.6 Å². The monoisotopic (exact) mass is 518 g/mol. The Bertz CT molecular complexity index is 1540. The average Bonchev–Trinajstić information content (AvgIpc) is 3.52. The van der Waals surface area contributed by atoms with Crippen LogP contribution in [0, 0.1) is 13.8 Å². The lowest BCUT2D eigenvalue weighted by Gasteiger charge is -2.34. The molecular weight excluding hydrogens is 484 g/mol. The summed E-state index contributed by atoms with van der Waals surface area (Å²) in [5.74, 6) is 0.161. The number of hydrogen-bond donors (Lipinski definition) is 2. The molecule has 1 atom stereocenters. The Balaban J connectivity index is 1.57. The van der Waals surface area contributed by atoms with Crippen molar-refractivity contribution in [2.45, 2.75) is 33.4 Å². The van der Waals surface area contributed by atoms with Crippen LogP contribution in [0.4, 0.5) is 0 Å². The number of H-pyrrole nitrogens is 1. The maximum Gasteiger partial charge on any atom is 0.255 e. The van der Waals surface area contributed by atoms with Crippen LogP contribution in [0.5, 0.6) is 5.88 Å². The number of amides is 1. The van der Waals surface area contributed by atoms with Crippen LogP contribution in [0.2, 0.25) is 0 Å². The first-order chi connectivity index (χ1) is 18.3. The molecule has 0 saturated carbocycles. The van der Waals surface area contributed by atoms with Crippen molar-refractivity contribution in [3.63, 3.8) is 0 Å². The van der Waals surface area contributed by atoms with Crippen molar-refractivity contribution < 1.29 is 14.3 Å². The topological polar surface area (TPSA) is 106 Å². The first-order valence-electron chi connectivity index (χ1n) is 12.8. The minimum Gasteiger partial charge on any atom is -0.482 e. The first-order valence-corrected chi connectivity index (χ1v) is 12.8. The van der Waals surface area contributed by atoms with Crippen molar-refractivity contribution >= 4 is 11.4 Å². The van der Waals surface area contributed by atoms with Gasteiger partial charge in [0.05, 0.1) is 44.1 Å². The van der Waals surface area contributed by atoms with Gasteiger partial charge in [0.2, 0.25) is 0 Å². The summed E-state index contributed by atoms with van der Waals surface area (Å²) in [5, 5.41) is 2.98. The minimum absolute atomic E-state index is 0.0626. The number of fused-ring (bicyclic) bond motifs is 1. The van der Waals surface area contributed by atoms with Crippen LogP contribution in [0.25, 0.3) is 16.8 Å². The molecule has 1 unspecified atom stereocenters. The summed E-state index contributed by atoms with van der Waals surface area (Å²) >= 11 is 0. The van der Waals surface area contributed by atoms with Gasteiger partial charge < -0.3 is 23.8 Å². The minimum atomic E-state index is -0.277. The zero-order valence-electron chi connectivity index (χ0n) is 22.5. The summed E-state index contributed by atoms with van der Waals surface area (Å²) in [7, 11) is 3.46. The highest BCUT2D eigenvalue weighted by Crippen LogP contribution is 2.33. The Labute approximate surface area is 221 Å². The van der Waals surface area contributed by atoms with E-state index >= 15 is 0 Å². The smallest absolute Gasteiger partial charge is 0.255 e. The molecule has 5 heterocycles. The molecule has 4 aromatic heterocycles. The van der Waals surface area contributed by atoms with Crippen molar-refractivity contribution in [1.29, 1.82) is 0 Å². The molecule has 1 saturated heterocycles. The van der Waals surface area contributed by atoms with E-state index in [-0.39, 0.29) is 24.1 Å². The lowest BCUT2D eigenvalue weighted by molar-refractivity contribution is 0.0187. The van der Waals surface area contributed by atoms with E-state index in [4.69, 9.17) is 9.47 Å². The van der Waals surface area contributed by atoms with Crippen LogP contribution in [0.1, 0.15) is 45.7 Å². The molecule has 1 aliphatic rings. The van der Waals surface area contributed by atoms with Gasteiger partial charge in [-0.2, -0.15) is 0 Å². The van der Waals surface area contributed by atoms with E-state index in [1.807, 2.05) is 37.7 Å². The summed E-state index contributed by atoms with van der Waals surface area (Å²) < 4.78 is 14.9. The van der Waals surface area contributed by atoms with E-state index in [0.29, 0.717) is 30.2 Å². The van der Waals surface area contributed by atoms with Gasteiger partial charge in [-0.1, -0.05) is 0 Å². The summed E-state index contributed by atoms with van der Waals surface area (Å²) in [6, 6.07) is 5.83. The highest BCUT2D eigenvalue weighted by atomic mass is 16.5. The number of aromatic amines is 1. The van der Waals surface area contributed by atoms with Gasteiger partial charge in [0, 0.05) is 67.4 Å². The Kier molecular flexibility index (Phi) is 7.09. The van der Waals surface area contributed by atoms with E-state index in [1.165, 1.54) is 7.11 Å². The Hall–Kier alpha value is -3.89. The average molecular weight is 519 g/mol. The number of morpholine rings is 1. The number of aromatic nitrogens is 4. The fourth-order valence-corrected chi connectivity index (χ4v) is 5.37. The second-order valence-electron chi connectivity index (χ2n) is 9.78. The van der Waals surface area contributed by atoms with Gasteiger partial charge in [0.15, 0.2) is 5.88 Å². The van der Waals surface area contributed by atoms with Gasteiger partial charge in [0.1, 0.15) is 0 Å². The van der Waals surface area contributed by atoms with Crippen molar-refractivity contribution in [1.82, 2.24) is 29.2 Å². The Morgan fingerprint density at radius 3 is 2.68 bits per heavy atom. The summed E-state index contributed by atoms with van der Waals surface area (Å²) in [6.07, 6.45) is 5.67. The SMILES string of the molecule is COc1cc(C)c(CNC(=O)c2cc3c(-c4cncn4C)ccn3c(C(C)N3CCOCC3)c2C)c(=O)[nH]1. The predicted octanol–water partition coefficient (Wildman–Crippen LogP) is 2.98. The lowest BCUT2D eigenvalue weighted by atomic mass is 9.99. The number of carbonyl (C=O) groups excluding carboxylic acids is 1. The summed E-state index contributed by atoms with van der Waals surface area (Å²) in [4.78, 5) is 35.6. The van der Waals surface area contributed by atoms with E-state index < -0.39 is 0 Å². The van der Waals surface area contributed by atoms with E-state index in [0.717, 1.165) is 46.7 Å². The van der Waals surface area contributed by atoms with Gasteiger partial charge >= 0.3 is 0 Å². The number of rotatable bonds is 7. The molecule has 10 heteroatoms. The van der Waals surface area contributed by atoms with Gasteiger partial charge in [-0.05, 0) is 44.0 Å². The highest BCUT2D eigenvalue weighted by molar-refractivity contribution is 5.98. The van der Waals surface area contributed by atoms with Crippen LogP contribution in [0.15, 0.2) is 41.7 Å². The normalized spacial score (nSPS) is 15.1. The second-order valence-corrected chi connectivity index (χ2v) is 9.78. The molecule has 0 aromatic carbocycles. The van der Waals surface area contributed by atoms with Crippen molar-refractivity contribution in [3.8, 4) is 17.1 Å². The standard InChI is InChI=1S/C28H34N6O4/c1-17-12-25(37-5)31-28(36)22(17)14-30-27(35)21-13-23-20(24-15-29-16-32(24)4)6-7-34(23)26(18(21)2)19(3)33-8-10-38-11-9-33/h6-7,12-13,15-16,19H,8-11,14H2,1-5H3,(H,30,35)(H,31,36). The molecule has 0 spiro atoms. The number of nitrogens with zero attached hydrogens (tertiary/aromatic N) is 4. The Morgan fingerprint density at radius 2 is 2.03 bits per heavy atom. The summed E-state index contributed by atoms with van der Waals surface area (Å²) in [6.45, 7) is 9.15. The fraction of sp³-hybridized carbons (Fsp3) is 0.393. The van der Waals surface area contributed by atoms with Gasteiger partial charge in [-0.3, -0.25) is 19.5 Å². The molecular formula is C28H34N6O4. The number of ether oxygens (including phenoxy) is 2. The molecule has 1 fully saturated rings. The highest BCUT2D eigenvalue weighted by Gasteiger charge is 2.26. The van der Waals surface area contributed by atoms with Crippen molar-refractivity contribution in [3.05, 3.63) is 75.2 Å². The molecule has 10 nitrogen and oxygen atoms in total. The molecule has 0 bridgehead atoms. The third kappa shape index (κ3) is 4.61. The number of nitrogens with one attached hydrogen (secondary N) is 2. The van der Waals surface area contributed by atoms with Crippen LogP contribution in [0.3, 0.4) is 0 Å². The molecule has 200 valence electrons. The number of methoxy groups -OCH3 is 1. The molecule has 0 radical (unpaired) electrons. The first kappa shape index (κ1) is 25.7. The quantitative estimate of drug-likeness (QED) is 0.390. The largest absolute Gasteiger partial charge is 0.482 e. The van der Waals surface area contributed by atoms with Crippen molar-refractivity contribution in [2.24, 2.45) is 7.05 Å². The number of hydrogen-bond acceptors (Lipinski definition) is 6. The molecule has 0 aliphatic carbocycles. The van der Waals surface area contributed by atoms with Gasteiger partial charge in [0.25, 0.3) is 11.5 Å². The predicted molar refractivity (Wildman–Crippen MR) is 145 cm³/mol. The molecule has 5 rings (SSSR count). The number of pyridine rings is 2. The van der Waals surface area contributed by atoms with Gasteiger partial charge in [-0.25, -0.2) is 4.98 Å². The van der Waals surface area contributed by atoms with Crippen LogP contribution in [-0.4, -0.2) is 63.2 Å². The number of carbonyl (C=O) groups is 1. The summed E-state index contributed by atoms with van der Waals surface area (Å²) in [5.41, 5.74) is 6.41. The molecule has 1 amide bonds. The molecule has 38 heavy (non-hydrogen) atoms. The van der Waals surface area contributed by atoms with Crippen LogP contribution in [-0.2, 0) is 18.3 Å². The lowest BCUT2D eigenvalue weighted by Crippen LogP contribution is -2.39. The van der Waals surface area contributed by atoms with Crippen LogP contribution >= 0.6 is 0 Å². The van der Waals surface area contributed by atoms with Crippen molar-refractivity contribution in [2.75, 3.05) is 33.4 Å². The fourth-order valence-electron chi connectivity index (χ4n) is 5.37. The zero-order valence-corrected chi connectivity index (χ0v) is 22.5. The second kappa shape index (κ2) is 10.5. The van der Waals surface area contributed by atoms with E-state index in [9.17, 15) is 9.59 Å².